The summed E-state index contributed by atoms with van der Waals surface area (Å²) in [6.45, 7) is 4.97. The summed E-state index contributed by atoms with van der Waals surface area (Å²) in [5.41, 5.74) is 6.03. The smallest absolute Gasteiger partial charge is 0.235 e. The molecule has 0 unspecified atom stereocenters. The van der Waals surface area contributed by atoms with E-state index in [1.54, 1.807) is 0 Å². The molecule has 0 bridgehead atoms. The topological polar surface area (TPSA) is 72.6 Å². The highest BCUT2D eigenvalue weighted by Crippen LogP contribution is 2.31. The van der Waals surface area contributed by atoms with Crippen LogP contribution in [-0.4, -0.2) is 29.9 Å². The zero-order valence-corrected chi connectivity index (χ0v) is 12.6. The maximum Gasteiger partial charge on any atom is 0.235 e. The molecule has 1 aliphatic heterocycles. The SMILES string of the molecule is CC1(C)CC(=O)N(CCCOc2cccc(CN)c2)C1=O. The van der Waals surface area contributed by atoms with Crippen LogP contribution in [-0.2, 0) is 16.1 Å². The van der Waals surface area contributed by atoms with E-state index in [0.29, 0.717) is 32.5 Å². The van der Waals surface area contributed by atoms with E-state index in [1.165, 1.54) is 4.90 Å². The van der Waals surface area contributed by atoms with Gasteiger partial charge >= 0.3 is 0 Å². The molecule has 0 saturated carbocycles. The van der Waals surface area contributed by atoms with Gasteiger partial charge in [0, 0.05) is 19.5 Å². The Morgan fingerprint density at radius 3 is 2.71 bits per heavy atom. The summed E-state index contributed by atoms with van der Waals surface area (Å²) < 4.78 is 5.63. The molecule has 2 amide bonds. The molecule has 0 radical (unpaired) electrons. The molecule has 1 fully saturated rings. The third-order valence-electron chi connectivity index (χ3n) is 3.65. The minimum absolute atomic E-state index is 0.0855. The molecular weight excluding hydrogens is 268 g/mol. The van der Waals surface area contributed by atoms with Crippen molar-refractivity contribution in [2.24, 2.45) is 11.1 Å². The highest BCUT2D eigenvalue weighted by molar-refractivity contribution is 6.05. The minimum atomic E-state index is -0.562. The van der Waals surface area contributed by atoms with Gasteiger partial charge in [0.15, 0.2) is 0 Å². The zero-order chi connectivity index (χ0) is 15.5. The molecule has 1 heterocycles. The summed E-state index contributed by atoms with van der Waals surface area (Å²) in [4.78, 5) is 25.2. The monoisotopic (exact) mass is 290 g/mol. The lowest BCUT2D eigenvalue weighted by atomic mass is 9.92. The molecule has 21 heavy (non-hydrogen) atoms. The van der Waals surface area contributed by atoms with E-state index in [9.17, 15) is 9.59 Å². The van der Waals surface area contributed by atoms with E-state index in [4.69, 9.17) is 10.5 Å². The van der Waals surface area contributed by atoms with Crippen molar-refractivity contribution in [1.29, 1.82) is 0 Å². The molecule has 2 N–H and O–H groups in total. The van der Waals surface area contributed by atoms with Gasteiger partial charge in [-0.15, -0.1) is 0 Å². The molecule has 1 aromatic carbocycles. The molecule has 0 aliphatic carbocycles. The van der Waals surface area contributed by atoms with E-state index in [1.807, 2.05) is 38.1 Å². The summed E-state index contributed by atoms with van der Waals surface area (Å²) >= 11 is 0. The lowest BCUT2D eigenvalue weighted by molar-refractivity contribution is -0.140. The summed E-state index contributed by atoms with van der Waals surface area (Å²) in [7, 11) is 0. The number of rotatable bonds is 6. The van der Waals surface area contributed by atoms with Gasteiger partial charge in [-0.05, 0) is 24.1 Å². The highest BCUT2D eigenvalue weighted by Gasteiger charge is 2.44. The van der Waals surface area contributed by atoms with Gasteiger partial charge in [-0.1, -0.05) is 26.0 Å². The van der Waals surface area contributed by atoms with Gasteiger partial charge in [0.1, 0.15) is 5.75 Å². The number of benzene rings is 1. The number of nitrogens with zero attached hydrogens (tertiary/aromatic N) is 1. The Morgan fingerprint density at radius 1 is 1.33 bits per heavy atom. The summed E-state index contributed by atoms with van der Waals surface area (Å²) in [5, 5.41) is 0. The van der Waals surface area contributed by atoms with Crippen LogP contribution in [0.5, 0.6) is 5.75 Å². The number of hydrogen-bond acceptors (Lipinski definition) is 4. The number of imide groups is 1. The molecule has 1 saturated heterocycles. The lowest BCUT2D eigenvalue weighted by Gasteiger charge is -2.17. The van der Waals surface area contributed by atoms with Crippen LogP contribution >= 0.6 is 0 Å². The van der Waals surface area contributed by atoms with Gasteiger partial charge in [0.25, 0.3) is 0 Å². The van der Waals surface area contributed by atoms with Crippen LogP contribution in [0.2, 0.25) is 0 Å². The van der Waals surface area contributed by atoms with E-state index in [-0.39, 0.29) is 11.8 Å². The fourth-order valence-corrected chi connectivity index (χ4v) is 2.43. The normalized spacial score (nSPS) is 17.4. The number of carbonyl (C=O) groups is 2. The van der Waals surface area contributed by atoms with Crippen LogP contribution in [0.3, 0.4) is 0 Å². The fourth-order valence-electron chi connectivity index (χ4n) is 2.43. The van der Waals surface area contributed by atoms with E-state index in [2.05, 4.69) is 0 Å². The first-order valence-corrected chi connectivity index (χ1v) is 7.20. The van der Waals surface area contributed by atoms with Crippen LogP contribution < -0.4 is 10.5 Å². The minimum Gasteiger partial charge on any atom is -0.494 e. The molecule has 1 aliphatic rings. The zero-order valence-electron chi connectivity index (χ0n) is 12.6. The van der Waals surface area contributed by atoms with Crippen molar-refractivity contribution in [3.63, 3.8) is 0 Å². The second-order valence-electron chi connectivity index (χ2n) is 5.96. The van der Waals surface area contributed by atoms with Crippen LogP contribution in [0, 0.1) is 5.41 Å². The molecule has 5 nitrogen and oxygen atoms in total. The molecule has 114 valence electrons. The molecule has 1 aromatic rings. The average molecular weight is 290 g/mol. The Labute approximate surface area is 125 Å². The molecule has 0 spiro atoms. The Bertz CT molecular complexity index is 540. The van der Waals surface area contributed by atoms with Gasteiger partial charge in [0.05, 0.1) is 12.0 Å². The van der Waals surface area contributed by atoms with Crippen molar-refractivity contribution in [2.75, 3.05) is 13.2 Å². The average Bonchev–Trinajstić information content (AvgIpc) is 2.65. The van der Waals surface area contributed by atoms with Crippen LogP contribution in [0.1, 0.15) is 32.3 Å². The first-order valence-electron chi connectivity index (χ1n) is 7.20. The Hall–Kier alpha value is -1.88. The molecule has 2 rings (SSSR count). The Balaban J connectivity index is 1.80. The van der Waals surface area contributed by atoms with Crippen molar-refractivity contribution in [3.8, 4) is 5.75 Å². The number of ether oxygens (including phenoxy) is 1. The Kier molecular flexibility index (Phi) is 4.63. The predicted octanol–water partition coefficient (Wildman–Crippen LogP) is 1.70. The quantitative estimate of drug-likeness (QED) is 0.639. The molecule has 0 aromatic heterocycles. The largest absolute Gasteiger partial charge is 0.494 e. The Morgan fingerprint density at radius 2 is 2.10 bits per heavy atom. The first kappa shape index (κ1) is 15.5. The standard InChI is InChI=1S/C16H22N2O3/c1-16(2)10-14(19)18(15(16)20)7-4-8-21-13-6-3-5-12(9-13)11-17/h3,5-6,9H,4,7-8,10-11,17H2,1-2H3. The third-order valence-corrected chi connectivity index (χ3v) is 3.65. The van der Waals surface area contributed by atoms with Gasteiger partial charge in [-0.2, -0.15) is 0 Å². The molecular formula is C16H22N2O3. The number of nitrogens with two attached hydrogens (primary N) is 1. The van der Waals surface area contributed by atoms with Crippen molar-refractivity contribution in [2.45, 2.75) is 33.2 Å². The van der Waals surface area contributed by atoms with Crippen molar-refractivity contribution in [3.05, 3.63) is 29.8 Å². The number of amides is 2. The van der Waals surface area contributed by atoms with Crippen molar-refractivity contribution < 1.29 is 14.3 Å². The number of hydrogen-bond donors (Lipinski definition) is 1. The van der Waals surface area contributed by atoms with Crippen molar-refractivity contribution >= 4 is 11.8 Å². The second-order valence-corrected chi connectivity index (χ2v) is 5.96. The third kappa shape index (κ3) is 3.61. The van der Waals surface area contributed by atoms with Gasteiger partial charge in [-0.3, -0.25) is 14.5 Å². The summed E-state index contributed by atoms with van der Waals surface area (Å²) in [6, 6.07) is 7.60. The number of carbonyl (C=O) groups excluding carboxylic acids is 2. The predicted molar refractivity (Wildman–Crippen MR) is 79.6 cm³/mol. The van der Waals surface area contributed by atoms with E-state index >= 15 is 0 Å². The summed E-state index contributed by atoms with van der Waals surface area (Å²) in [6.07, 6.45) is 0.922. The second kappa shape index (κ2) is 6.26. The number of likely N-dealkylation sites (tertiary alicyclic amines) is 1. The highest BCUT2D eigenvalue weighted by atomic mass is 16.5. The van der Waals surface area contributed by atoms with E-state index < -0.39 is 5.41 Å². The molecule has 5 heteroatoms. The maximum atomic E-state index is 12.0. The van der Waals surface area contributed by atoms with Crippen LogP contribution in [0.4, 0.5) is 0 Å². The van der Waals surface area contributed by atoms with E-state index in [0.717, 1.165) is 11.3 Å². The van der Waals surface area contributed by atoms with Crippen LogP contribution in [0.15, 0.2) is 24.3 Å². The van der Waals surface area contributed by atoms with Gasteiger partial charge < -0.3 is 10.5 Å². The van der Waals surface area contributed by atoms with Crippen molar-refractivity contribution in [1.82, 2.24) is 4.90 Å². The first-order chi connectivity index (χ1) is 9.94. The van der Waals surface area contributed by atoms with Gasteiger partial charge in [0.2, 0.25) is 11.8 Å². The lowest BCUT2D eigenvalue weighted by Crippen LogP contribution is -2.34. The summed E-state index contributed by atoms with van der Waals surface area (Å²) in [5.74, 6) is 0.588. The maximum absolute atomic E-state index is 12.0. The fraction of sp³-hybridized carbons (Fsp3) is 0.500. The van der Waals surface area contributed by atoms with Gasteiger partial charge in [-0.25, -0.2) is 0 Å². The van der Waals surface area contributed by atoms with Crippen LogP contribution in [0.25, 0.3) is 0 Å². The molecule has 0 atom stereocenters.